The van der Waals surface area contributed by atoms with Crippen LogP contribution in [0.25, 0.3) is 0 Å². The molecular formula is C16H33NO. The minimum Gasteiger partial charge on any atom is -0.337 e. The fourth-order valence-corrected chi connectivity index (χ4v) is 2.42. The predicted molar refractivity (Wildman–Crippen MR) is 79.7 cm³/mol. The van der Waals surface area contributed by atoms with Crippen LogP contribution in [0, 0.1) is 5.41 Å². The predicted octanol–water partition coefficient (Wildman–Crippen LogP) is 4.63. The summed E-state index contributed by atoms with van der Waals surface area (Å²) in [4.78, 5) is 14.7. The van der Waals surface area contributed by atoms with E-state index in [1.54, 1.807) is 0 Å². The molecule has 0 saturated heterocycles. The summed E-state index contributed by atoms with van der Waals surface area (Å²) in [5.41, 5.74) is 0.0767. The maximum Gasteiger partial charge on any atom is 0.223 e. The van der Waals surface area contributed by atoms with Crippen LogP contribution in [0.3, 0.4) is 0 Å². The van der Waals surface area contributed by atoms with Crippen LogP contribution in [0.2, 0.25) is 0 Å². The van der Waals surface area contributed by atoms with Gasteiger partial charge in [0.05, 0.1) is 0 Å². The molecule has 2 unspecified atom stereocenters. The Labute approximate surface area is 114 Å². The minimum atomic E-state index is 0.0767. The first-order chi connectivity index (χ1) is 8.26. The first kappa shape index (κ1) is 17.5. The molecule has 2 atom stereocenters. The van der Waals surface area contributed by atoms with Crippen LogP contribution in [0.5, 0.6) is 0 Å². The summed E-state index contributed by atoms with van der Waals surface area (Å²) in [5.74, 6) is 0.331. The van der Waals surface area contributed by atoms with Gasteiger partial charge < -0.3 is 4.90 Å². The number of carbonyl (C=O) groups is 1. The molecule has 1 amide bonds. The topological polar surface area (TPSA) is 20.3 Å². The number of amides is 1. The third-order valence-corrected chi connectivity index (χ3v) is 3.52. The van der Waals surface area contributed by atoms with Crippen molar-refractivity contribution in [3.05, 3.63) is 0 Å². The highest BCUT2D eigenvalue weighted by Crippen LogP contribution is 2.24. The number of nitrogens with zero attached hydrogens (tertiary/aromatic N) is 1. The molecule has 0 aromatic rings. The van der Waals surface area contributed by atoms with Gasteiger partial charge in [0.2, 0.25) is 5.91 Å². The van der Waals surface area contributed by atoms with Gasteiger partial charge in [0.1, 0.15) is 0 Å². The first-order valence-corrected chi connectivity index (χ1v) is 7.57. The van der Waals surface area contributed by atoms with Crippen LogP contribution < -0.4 is 0 Å². The van der Waals surface area contributed by atoms with E-state index in [1.165, 1.54) is 0 Å². The van der Waals surface area contributed by atoms with Gasteiger partial charge in [-0.2, -0.15) is 0 Å². The summed E-state index contributed by atoms with van der Waals surface area (Å²) < 4.78 is 0. The molecule has 18 heavy (non-hydrogen) atoms. The molecule has 0 fully saturated rings. The van der Waals surface area contributed by atoms with Gasteiger partial charge in [0, 0.05) is 18.5 Å². The average Bonchev–Trinajstić information content (AvgIpc) is 2.25. The van der Waals surface area contributed by atoms with Crippen LogP contribution in [-0.4, -0.2) is 22.9 Å². The monoisotopic (exact) mass is 255 g/mol. The van der Waals surface area contributed by atoms with Crippen molar-refractivity contribution in [2.75, 3.05) is 0 Å². The van der Waals surface area contributed by atoms with E-state index in [1.807, 2.05) is 0 Å². The Morgan fingerprint density at radius 1 is 1.11 bits per heavy atom. The Hall–Kier alpha value is -0.530. The van der Waals surface area contributed by atoms with Crippen LogP contribution in [-0.2, 0) is 4.79 Å². The zero-order valence-electron chi connectivity index (χ0n) is 13.5. The third kappa shape index (κ3) is 5.88. The van der Waals surface area contributed by atoms with Crippen molar-refractivity contribution in [1.29, 1.82) is 0 Å². The molecule has 2 heteroatoms. The lowest BCUT2D eigenvalue weighted by atomic mass is 9.90. The van der Waals surface area contributed by atoms with Gasteiger partial charge in [0.25, 0.3) is 0 Å². The molecule has 0 bridgehead atoms. The van der Waals surface area contributed by atoms with Crippen LogP contribution >= 0.6 is 0 Å². The van der Waals surface area contributed by atoms with Crippen molar-refractivity contribution in [1.82, 2.24) is 4.90 Å². The van der Waals surface area contributed by atoms with Gasteiger partial charge in [-0.25, -0.2) is 0 Å². The van der Waals surface area contributed by atoms with E-state index in [4.69, 9.17) is 0 Å². The van der Waals surface area contributed by atoms with Gasteiger partial charge >= 0.3 is 0 Å². The number of hydrogen-bond donors (Lipinski definition) is 0. The van der Waals surface area contributed by atoms with Crippen molar-refractivity contribution in [3.8, 4) is 0 Å². The molecule has 0 aromatic heterocycles. The SMILES string of the molecule is CCCC(CC)N(C(=O)CC(C)(C)C)C(C)CC. The van der Waals surface area contributed by atoms with Crippen molar-refractivity contribution in [2.45, 2.75) is 92.7 Å². The second kappa shape index (κ2) is 7.81. The molecule has 0 aliphatic heterocycles. The van der Waals surface area contributed by atoms with E-state index in [2.05, 4.69) is 53.4 Å². The molecule has 0 radical (unpaired) electrons. The van der Waals surface area contributed by atoms with Crippen molar-refractivity contribution < 1.29 is 4.79 Å². The Bertz CT molecular complexity index is 242. The highest BCUT2D eigenvalue weighted by molar-refractivity contribution is 5.77. The van der Waals surface area contributed by atoms with Gasteiger partial charge in [0.15, 0.2) is 0 Å². The van der Waals surface area contributed by atoms with Gasteiger partial charge in [-0.05, 0) is 31.6 Å². The second-order valence-corrected chi connectivity index (χ2v) is 6.65. The van der Waals surface area contributed by atoms with Crippen molar-refractivity contribution in [3.63, 3.8) is 0 Å². The molecule has 0 rings (SSSR count). The smallest absolute Gasteiger partial charge is 0.223 e. The normalized spacial score (nSPS) is 15.3. The maximum atomic E-state index is 12.6. The zero-order chi connectivity index (χ0) is 14.3. The van der Waals surface area contributed by atoms with E-state index in [9.17, 15) is 4.79 Å². The van der Waals surface area contributed by atoms with E-state index < -0.39 is 0 Å². The van der Waals surface area contributed by atoms with E-state index in [0.29, 0.717) is 24.4 Å². The summed E-state index contributed by atoms with van der Waals surface area (Å²) >= 11 is 0. The van der Waals surface area contributed by atoms with Crippen LogP contribution in [0.15, 0.2) is 0 Å². The fraction of sp³-hybridized carbons (Fsp3) is 0.938. The van der Waals surface area contributed by atoms with E-state index >= 15 is 0 Å². The highest BCUT2D eigenvalue weighted by Gasteiger charge is 2.28. The minimum absolute atomic E-state index is 0.0767. The number of carbonyl (C=O) groups excluding carboxylic acids is 1. The van der Waals surface area contributed by atoms with Crippen molar-refractivity contribution in [2.24, 2.45) is 5.41 Å². The molecule has 0 N–H and O–H groups in total. The third-order valence-electron chi connectivity index (χ3n) is 3.52. The number of rotatable bonds is 7. The van der Waals surface area contributed by atoms with Crippen LogP contribution in [0.4, 0.5) is 0 Å². The molecule has 0 aliphatic rings. The molecule has 0 saturated carbocycles. The van der Waals surface area contributed by atoms with Crippen molar-refractivity contribution >= 4 is 5.91 Å². The lowest BCUT2D eigenvalue weighted by Gasteiger charge is -2.37. The lowest BCUT2D eigenvalue weighted by molar-refractivity contribution is -0.138. The zero-order valence-corrected chi connectivity index (χ0v) is 13.5. The second-order valence-electron chi connectivity index (χ2n) is 6.65. The number of hydrogen-bond acceptors (Lipinski definition) is 1. The molecule has 2 nitrogen and oxygen atoms in total. The summed E-state index contributed by atoms with van der Waals surface area (Å²) in [7, 11) is 0. The molecule has 108 valence electrons. The molecule has 0 aliphatic carbocycles. The lowest BCUT2D eigenvalue weighted by Crippen LogP contribution is -2.46. The Morgan fingerprint density at radius 2 is 1.67 bits per heavy atom. The molecular weight excluding hydrogens is 222 g/mol. The standard InChI is InChI=1S/C16H33NO/c1-8-11-14(10-3)17(13(4)9-2)15(18)12-16(5,6)7/h13-14H,8-12H2,1-7H3. The summed E-state index contributed by atoms with van der Waals surface area (Å²) in [6, 6.07) is 0.774. The maximum absolute atomic E-state index is 12.6. The average molecular weight is 255 g/mol. The summed E-state index contributed by atoms with van der Waals surface area (Å²) in [5, 5.41) is 0. The fourth-order valence-electron chi connectivity index (χ4n) is 2.42. The van der Waals surface area contributed by atoms with Gasteiger partial charge in [-0.1, -0.05) is 48.0 Å². The van der Waals surface area contributed by atoms with E-state index in [0.717, 1.165) is 25.7 Å². The molecule has 0 aromatic carbocycles. The quantitative estimate of drug-likeness (QED) is 0.649. The van der Waals surface area contributed by atoms with E-state index in [-0.39, 0.29) is 5.41 Å². The highest BCUT2D eigenvalue weighted by atomic mass is 16.2. The first-order valence-electron chi connectivity index (χ1n) is 7.57. The Balaban J connectivity index is 4.91. The van der Waals surface area contributed by atoms with Crippen LogP contribution in [0.1, 0.15) is 80.6 Å². The molecule has 0 spiro atoms. The Morgan fingerprint density at radius 3 is 2.00 bits per heavy atom. The van der Waals surface area contributed by atoms with Gasteiger partial charge in [-0.3, -0.25) is 4.79 Å². The largest absolute Gasteiger partial charge is 0.337 e. The Kier molecular flexibility index (Phi) is 7.58. The van der Waals surface area contributed by atoms with Gasteiger partial charge in [-0.15, -0.1) is 0 Å². The molecule has 0 heterocycles. The summed E-state index contributed by atoms with van der Waals surface area (Å²) in [6.07, 6.45) is 5.02. The summed E-state index contributed by atoms with van der Waals surface area (Å²) in [6.45, 7) is 15.2.